The minimum absolute atomic E-state index is 0.114. The Balaban J connectivity index is 1.61. The van der Waals surface area contributed by atoms with Gasteiger partial charge in [0.25, 0.3) is 5.91 Å². The third kappa shape index (κ3) is 5.68. The van der Waals surface area contributed by atoms with Crippen LogP contribution in [0.1, 0.15) is 23.1 Å². The zero-order valence-electron chi connectivity index (χ0n) is 16.2. The number of amides is 1. The maximum atomic E-state index is 12.5. The van der Waals surface area contributed by atoms with Gasteiger partial charge in [0.05, 0.1) is 18.4 Å². The number of nitrogens with zero attached hydrogens (tertiary/aromatic N) is 1. The lowest BCUT2D eigenvalue weighted by Gasteiger charge is -2.12. The maximum absolute atomic E-state index is 12.5. The second-order valence-electron chi connectivity index (χ2n) is 6.51. The number of hydrogen-bond acceptors (Lipinski definition) is 6. The number of thiocarbonyl (C=S) groups is 1. The third-order valence-electron chi connectivity index (χ3n) is 4.31. The first-order chi connectivity index (χ1) is 14.0. The van der Waals surface area contributed by atoms with Crippen LogP contribution in [0.4, 0.5) is 0 Å². The molecule has 0 N–H and O–H groups in total. The fourth-order valence-corrected chi connectivity index (χ4v) is 4.09. The van der Waals surface area contributed by atoms with Crippen molar-refractivity contribution in [2.45, 2.75) is 20.0 Å². The minimum Gasteiger partial charge on any atom is -0.489 e. The van der Waals surface area contributed by atoms with Gasteiger partial charge in [-0.15, -0.1) is 0 Å². The first-order valence-corrected chi connectivity index (χ1v) is 10.3. The van der Waals surface area contributed by atoms with E-state index in [0.717, 1.165) is 16.9 Å². The summed E-state index contributed by atoms with van der Waals surface area (Å²) in [5, 5.41) is 0. The van der Waals surface area contributed by atoms with Crippen molar-refractivity contribution in [2.75, 3.05) is 13.7 Å². The zero-order valence-corrected chi connectivity index (χ0v) is 17.8. The number of rotatable bonds is 7. The zero-order chi connectivity index (χ0) is 20.8. The van der Waals surface area contributed by atoms with Crippen LogP contribution in [0.3, 0.4) is 0 Å². The Morgan fingerprint density at radius 3 is 2.66 bits per heavy atom. The van der Waals surface area contributed by atoms with E-state index in [1.54, 1.807) is 6.08 Å². The SMILES string of the molecule is COC(=O)CCN1C(=O)/C(=C\c2ccc(OCc3cccc(C)c3)cc2)SC1=S. The predicted octanol–water partition coefficient (Wildman–Crippen LogP) is 4.34. The molecule has 1 aliphatic heterocycles. The molecule has 0 radical (unpaired) electrons. The van der Waals surface area contributed by atoms with E-state index in [9.17, 15) is 9.59 Å². The monoisotopic (exact) mass is 427 g/mol. The lowest BCUT2D eigenvalue weighted by molar-refractivity contribution is -0.140. The summed E-state index contributed by atoms with van der Waals surface area (Å²) in [7, 11) is 1.32. The number of thioether (sulfide) groups is 1. The first kappa shape index (κ1) is 21.1. The molecule has 0 unspecified atom stereocenters. The molecule has 0 aliphatic carbocycles. The Morgan fingerprint density at radius 2 is 1.97 bits per heavy atom. The van der Waals surface area contributed by atoms with Gasteiger partial charge in [-0.05, 0) is 36.3 Å². The number of carbonyl (C=O) groups is 2. The Morgan fingerprint density at radius 1 is 1.21 bits per heavy atom. The first-order valence-electron chi connectivity index (χ1n) is 9.07. The lowest BCUT2D eigenvalue weighted by Crippen LogP contribution is -2.30. The lowest BCUT2D eigenvalue weighted by atomic mass is 10.1. The van der Waals surface area contributed by atoms with Crippen LogP contribution in [0, 0.1) is 6.92 Å². The Hall–Kier alpha value is -2.64. The molecule has 2 aromatic carbocycles. The maximum Gasteiger partial charge on any atom is 0.307 e. The molecule has 29 heavy (non-hydrogen) atoms. The molecule has 0 atom stereocenters. The molecule has 7 heteroatoms. The molecule has 1 fully saturated rings. The molecule has 0 bridgehead atoms. The highest BCUT2D eigenvalue weighted by Gasteiger charge is 2.32. The summed E-state index contributed by atoms with van der Waals surface area (Å²) in [6, 6.07) is 15.7. The molecule has 0 spiro atoms. The molecule has 5 nitrogen and oxygen atoms in total. The van der Waals surface area contributed by atoms with Gasteiger partial charge < -0.3 is 9.47 Å². The molecular weight excluding hydrogens is 406 g/mol. The van der Waals surface area contributed by atoms with Gasteiger partial charge in [0.1, 0.15) is 16.7 Å². The van der Waals surface area contributed by atoms with E-state index in [1.165, 1.54) is 29.3 Å². The summed E-state index contributed by atoms with van der Waals surface area (Å²) in [6.07, 6.45) is 1.91. The highest BCUT2D eigenvalue weighted by molar-refractivity contribution is 8.26. The van der Waals surface area contributed by atoms with E-state index >= 15 is 0 Å². The molecule has 1 aliphatic rings. The molecule has 3 rings (SSSR count). The second-order valence-corrected chi connectivity index (χ2v) is 8.18. The van der Waals surface area contributed by atoms with Gasteiger partial charge in [0, 0.05) is 6.54 Å². The Bertz CT molecular complexity index is 954. The molecule has 150 valence electrons. The summed E-state index contributed by atoms with van der Waals surface area (Å²) in [5.74, 6) is 0.197. The van der Waals surface area contributed by atoms with Crippen molar-refractivity contribution in [2.24, 2.45) is 0 Å². The second kappa shape index (κ2) is 9.71. The topological polar surface area (TPSA) is 55.8 Å². The van der Waals surface area contributed by atoms with Gasteiger partial charge in [-0.1, -0.05) is 65.9 Å². The van der Waals surface area contributed by atoms with Crippen molar-refractivity contribution in [1.82, 2.24) is 4.90 Å². The van der Waals surface area contributed by atoms with Crippen molar-refractivity contribution in [3.05, 3.63) is 70.1 Å². The van der Waals surface area contributed by atoms with Gasteiger partial charge >= 0.3 is 5.97 Å². The molecule has 1 heterocycles. The number of carbonyl (C=O) groups excluding carboxylic acids is 2. The average molecular weight is 428 g/mol. The van der Waals surface area contributed by atoms with Crippen LogP contribution in [0.25, 0.3) is 6.08 Å². The number of ether oxygens (including phenoxy) is 2. The summed E-state index contributed by atoms with van der Waals surface area (Å²) < 4.78 is 10.9. The van der Waals surface area contributed by atoms with E-state index in [4.69, 9.17) is 17.0 Å². The molecule has 1 saturated heterocycles. The van der Waals surface area contributed by atoms with E-state index in [0.29, 0.717) is 15.8 Å². The molecule has 0 aromatic heterocycles. The van der Waals surface area contributed by atoms with Crippen molar-refractivity contribution in [3.63, 3.8) is 0 Å². The third-order valence-corrected chi connectivity index (χ3v) is 5.68. The van der Waals surface area contributed by atoms with Crippen LogP contribution in [-0.4, -0.2) is 34.8 Å². The van der Waals surface area contributed by atoms with Crippen LogP contribution in [0.2, 0.25) is 0 Å². The Labute approximate surface area is 179 Å². The Kier molecular flexibility index (Phi) is 7.06. The number of benzene rings is 2. The van der Waals surface area contributed by atoms with Crippen LogP contribution >= 0.6 is 24.0 Å². The quantitative estimate of drug-likeness (QED) is 0.372. The van der Waals surface area contributed by atoms with Crippen LogP contribution < -0.4 is 4.74 Å². The standard InChI is InChI=1S/C22H21NO4S2/c1-15-4-3-5-17(12-15)14-27-18-8-6-16(7-9-18)13-19-21(25)23(22(28)29-19)11-10-20(24)26-2/h3-9,12-13H,10-11,14H2,1-2H3/b19-13+. The summed E-state index contributed by atoms with van der Waals surface area (Å²) in [4.78, 5) is 25.8. The normalized spacial score (nSPS) is 15.1. The minimum atomic E-state index is -0.371. The number of methoxy groups -OCH3 is 1. The van der Waals surface area contributed by atoms with Gasteiger partial charge in [-0.2, -0.15) is 0 Å². The molecule has 2 aromatic rings. The van der Waals surface area contributed by atoms with E-state index < -0.39 is 0 Å². The number of hydrogen-bond donors (Lipinski definition) is 0. The highest BCUT2D eigenvalue weighted by Crippen LogP contribution is 2.32. The number of aryl methyl sites for hydroxylation is 1. The smallest absolute Gasteiger partial charge is 0.307 e. The van der Waals surface area contributed by atoms with Crippen LogP contribution in [0.15, 0.2) is 53.4 Å². The van der Waals surface area contributed by atoms with Crippen molar-refractivity contribution >= 4 is 46.3 Å². The van der Waals surface area contributed by atoms with E-state index in [1.807, 2.05) is 36.4 Å². The van der Waals surface area contributed by atoms with Crippen molar-refractivity contribution in [1.29, 1.82) is 0 Å². The van der Waals surface area contributed by atoms with Crippen molar-refractivity contribution < 1.29 is 19.1 Å². The molecule has 1 amide bonds. The predicted molar refractivity (Wildman–Crippen MR) is 118 cm³/mol. The average Bonchev–Trinajstić information content (AvgIpc) is 2.98. The summed E-state index contributed by atoms with van der Waals surface area (Å²) in [5.41, 5.74) is 3.19. The van der Waals surface area contributed by atoms with Crippen LogP contribution in [-0.2, 0) is 20.9 Å². The largest absolute Gasteiger partial charge is 0.489 e. The number of esters is 1. The van der Waals surface area contributed by atoms with Gasteiger partial charge in [0.15, 0.2) is 0 Å². The van der Waals surface area contributed by atoms with Gasteiger partial charge in [0.2, 0.25) is 0 Å². The summed E-state index contributed by atoms with van der Waals surface area (Å²) >= 11 is 6.50. The highest BCUT2D eigenvalue weighted by atomic mass is 32.2. The van der Waals surface area contributed by atoms with E-state index in [-0.39, 0.29) is 24.8 Å². The van der Waals surface area contributed by atoms with E-state index in [2.05, 4.69) is 23.8 Å². The van der Waals surface area contributed by atoms with Crippen molar-refractivity contribution in [3.8, 4) is 5.75 Å². The van der Waals surface area contributed by atoms with Gasteiger partial charge in [-0.3, -0.25) is 14.5 Å². The summed E-state index contributed by atoms with van der Waals surface area (Å²) in [6.45, 7) is 2.77. The molecular formula is C22H21NO4S2. The fraction of sp³-hybridized carbons (Fsp3) is 0.227. The fourth-order valence-electron chi connectivity index (χ4n) is 2.78. The van der Waals surface area contributed by atoms with Crippen LogP contribution in [0.5, 0.6) is 5.75 Å². The molecule has 0 saturated carbocycles. The van der Waals surface area contributed by atoms with Gasteiger partial charge in [-0.25, -0.2) is 0 Å².